The van der Waals surface area contributed by atoms with Gasteiger partial charge in [0.1, 0.15) is 0 Å². The van der Waals surface area contributed by atoms with Gasteiger partial charge >= 0.3 is 18.1 Å². The zero-order valence-electron chi connectivity index (χ0n) is 17.7. The molecular formula is C20H25ClF3N3O4. The second-order valence-corrected chi connectivity index (χ2v) is 8.36. The van der Waals surface area contributed by atoms with Crippen molar-refractivity contribution >= 4 is 23.5 Å². The maximum atomic E-state index is 11.5. The summed E-state index contributed by atoms with van der Waals surface area (Å²) in [7, 11) is 0. The van der Waals surface area contributed by atoms with Crippen molar-refractivity contribution < 1.29 is 33.0 Å². The molecule has 1 aromatic heterocycles. The van der Waals surface area contributed by atoms with Gasteiger partial charge in [-0.1, -0.05) is 17.7 Å². The summed E-state index contributed by atoms with van der Waals surface area (Å²) < 4.78 is 33.5. The summed E-state index contributed by atoms with van der Waals surface area (Å²) in [5.41, 5.74) is 1.72. The fourth-order valence-corrected chi connectivity index (χ4v) is 2.40. The molecule has 0 aliphatic carbocycles. The summed E-state index contributed by atoms with van der Waals surface area (Å²) in [6.07, 6.45) is -1.73. The maximum Gasteiger partial charge on any atom is 0.490 e. The number of hydrogen-bond acceptors (Lipinski definition) is 4. The Bertz CT molecular complexity index is 940. The van der Waals surface area contributed by atoms with E-state index in [4.69, 9.17) is 21.5 Å². The number of nitrogens with zero attached hydrogens (tertiary/aromatic N) is 2. The van der Waals surface area contributed by atoms with Gasteiger partial charge in [0, 0.05) is 18.3 Å². The van der Waals surface area contributed by atoms with E-state index in [9.17, 15) is 23.1 Å². The smallest absolute Gasteiger partial charge is 0.481 e. The van der Waals surface area contributed by atoms with Crippen LogP contribution in [0.3, 0.4) is 0 Å². The molecule has 0 fully saturated rings. The van der Waals surface area contributed by atoms with Crippen molar-refractivity contribution in [2.45, 2.75) is 52.9 Å². The Morgan fingerprint density at radius 1 is 1.13 bits per heavy atom. The number of hydrogen-bond donors (Lipinski definition) is 3. The highest BCUT2D eigenvalue weighted by Gasteiger charge is 2.43. The van der Waals surface area contributed by atoms with Gasteiger partial charge in [0.15, 0.2) is 0 Å². The largest absolute Gasteiger partial charge is 0.490 e. The molecule has 2 rings (SSSR count). The Labute approximate surface area is 182 Å². The molecule has 0 saturated carbocycles. The number of carboxylic acids is 2. The van der Waals surface area contributed by atoms with Crippen LogP contribution in [-0.2, 0) is 16.1 Å². The summed E-state index contributed by atoms with van der Waals surface area (Å²) in [5, 5.41) is 24.7. The second kappa shape index (κ2) is 9.69. The lowest BCUT2D eigenvalue weighted by molar-refractivity contribution is -0.192. The minimum atomic E-state index is -5.08. The molecule has 3 N–H and O–H groups in total. The SMILES string of the molecule is Cc1cc(-n2cc(Cl)cn2)ccc1CNC(C)(C)C(C)(C)C(=O)O.O=C(O)C(F)(F)F. The number of benzene rings is 1. The Hall–Kier alpha value is -2.59. The zero-order chi connectivity index (χ0) is 24.2. The first kappa shape index (κ1) is 26.4. The van der Waals surface area contributed by atoms with Gasteiger partial charge in [-0.15, -0.1) is 0 Å². The molecule has 31 heavy (non-hydrogen) atoms. The number of nitrogens with one attached hydrogen (secondary N) is 1. The van der Waals surface area contributed by atoms with Crippen LogP contribution in [0.15, 0.2) is 30.6 Å². The lowest BCUT2D eigenvalue weighted by Crippen LogP contribution is -2.54. The monoisotopic (exact) mass is 463 g/mol. The normalized spacial score (nSPS) is 12.2. The first-order chi connectivity index (χ1) is 14.0. The van der Waals surface area contributed by atoms with Gasteiger partial charge in [-0.3, -0.25) is 4.79 Å². The van der Waals surface area contributed by atoms with E-state index in [-0.39, 0.29) is 0 Å². The minimum absolute atomic E-state index is 0.556. The van der Waals surface area contributed by atoms with Crippen LogP contribution in [0.25, 0.3) is 5.69 Å². The number of rotatable bonds is 6. The van der Waals surface area contributed by atoms with Gasteiger partial charge in [0.2, 0.25) is 0 Å². The number of alkyl halides is 3. The molecule has 0 bridgehead atoms. The molecule has 1 heterocycles. The van der Waals surface area contributed by atoms with E-state index in [0.717, 1.165) is 16.8 Å². The predicted octanol–water partition coefficient (Wildman–Crippen LogP) is 4.45. The highest BCUT2D eigenvalue weighted by atomic mass is 35.5. The van der Waals surface area contributed by atoms with Crippen molar-refractivity contribution in [3.05, 3.63) is 46.7 Å². The number of aliphatic carboxylic acids is 2. The molecule has 0 spiro atoms. The van der Waals surface area contributed by atoms with Crippen molar-refractivity contribution in [3.63, 3.8) is 0 Å². The Kier molecular flexibility index (Phi) is 8.27. The average Bonchev–Trinajstić information content (AvgIpc) is 3.06. The van der Waals surface area contributed by atoms with Crippen LogP contribution in [0.1, 0.15) is 38.8 Å². The van der Waals surface area contributed by atoms with Crippen molar-refractivity contribution in [2.75, 3.05) is 0 Å². The predicted molar refractivity (Wildman–Crippen MR) is 109 cm³/mol. The number of carboxylic acid groups (broad SMARTS) is 2. The van der Waals surface area contributed by atoms with E-state index >= 15 is 0 Å². The molecule has 0 amide bonds. The number of halogens is 4. The molecule has 172 valence electrons. The van der Waals surface area contributed by atoms with Crippen molar-refractivity contribution in [3.8, 4) is 5.69 Å². The fraction of sp³-hybridized carbons (Fsp3) is 0.450. The van der Waals surface area contributed by atoms with Crippen LogP contribution >= 0.6 is 11.6 Å². The molecule has 2 aromatic rings. The van der Waals surface area contributed by atoms with Crippen LogP contribution < -0.4 is 5.32 Å². The van der Waals surface area contributed by atoms with E-state index in [1.165, 1.54) is 0 Å². The molecule has 0 atom stereocenters. The van der Waals surface area contributed by atoms with Gasteiger partial charge < -0.3 is 15.5 Å². The van der Waals surface area contributed by atoms with Gasteiger partial charge in [-0.05, 0) is 57.9 Å². The molecule has 11 heteroatoms. The first-order valence-electron chi connectivity index (χ1n) is 9.07. The van der Waals surface area contributed by atoms with Crippen LogP contribution in [0.4, 0.5) is 13.2 Å². The minimum Gasteiger partial charge on any atom is -0.481 e. The summed E-state index contributed by atoms with van der Waals surface area (Å²) in [6, 6.07) is 6.04. The van der Waals surface area contributed by atoms with E-state index in [0.29, 0.717) is 11.6 Å². The number of carbonyl (C=O) groups is 2. The summed E-state index contributed by atoms with van der Waals surface area (Å²) >= 11 is 5.91. The molecule has 0 aliphatic rings. The highest BCUT2D eigenvalue weighted by Crippen LogP contribution is 2.31. The quantitative estimate of drug-likeness (QED) is 0.584. The van der Waals surface area contributed by atoms with E-state index < -0.39 is 29.1 Å². The van der Waals surface area contributed by atoms with Crippen molar-refractivity contribution in [2.24, 2.45) is 5.41 Å². The van der Waals surface area contributed by atoms with Crippen LogP contribution in [-0.4, -0.2) is 43.6 Å². The molecule has 0 unspecified atom stereocenters. The second-order valence-electron chi connectivity index (χ2n) is 7.93. The number of aryl methyl sites for hydroxylation is 1. The third kappa shape index (κ3) is 6.96. The lowest BCUT2D eigenvalue weighted by Gasteiger charge is -2.39. The standard InChI is InChI=1S/C18H24ClN3O2.C2HF3O2/c1-12-8-15(22-11-14(19)10-21-22)7-6-13(12)9-20-18(4,5)17(2,3)16(23)24;3-2(4,5)1(6)7/h6-8,10-11,20H,9H2,1-5H3,(H,23,24);(H,6,7). The van der Waals surface area contributed by atoms with Gasteiger partial charge in [-0.25, -0.2) is 9.48 Å². The molecule has 0 radical (unpaired) electrons. The Morgan fingerprint density at radius 2 is 1.68 bits per heavy atom. The zero-order valence-corrected chi connectivity index (χ0v) is 18.5. The average molecular weight is 464 g/mol. The number of aromatic nitrogens is 2. The first-order valence-corrected chi connectivity index (χ1v) is 9.45. The third-order valence-corrected chi connectivity index (χ3v) is 5.40. The Balaban J connectivity index is 0.000000592. The molecule has 1 aromatic carbocycles. The van der Waals surface area contributed by atoms with E-state index in [2.05, 4.69) is 10.4 Å². The fourth-order valence-electron chi connectivity index (χ4n) is 2.27. The van der Waals surface area contributed by atoms with Crippen LogP contribution in [0.5, 0.6) is 0 Å². The topological polar surface area (TPSA) is 104 Å². The molecule has 0 aliphatic heterocycles. The Morgan fingerprint density at radius 3 is 2.06 bits per heavy atom. The van der Waals surface area contributed by atoms with E-state index in [1.807, 2.05) is 39.0 Å². The van der Waals surface area contributed by atoms with Gasteiger partial charge in [-0.2, -0.15) is 18.3 Å². The van der Waals surface area contributed by atoms with Crippen LogP contribution in [0, 0.1) is 12.3 Å². The summed E-state index contributed by atoms with van der Waals surface area (Å²) in [4.78, 5) is 20.4. The molecule has 0 saturated heterocycles. The molecular weight excluding hydrogens is 439 g/mol. The summed E-state index contributed by atoms with van der Waals surface area (Å²) in [6.45, 7) is 9.92. The van der Waals surface area contributed by atoms with Crippen molar-refractivity contribution in [1.82, 2.24) is 15.1 Å². The lowest BCUT2D eigenvalue weighted by atomic mass is 9.74. The van der Waals surface area contributed by atoms with Crippen LogP contribution in [0.2, 0.25) is 5.02 Å². The maximum absolute atomic E-state index is 11.5. The van der Waals surface area contributed by atoms with Gasteiger partial charge in [0.05, 0.1) is 22.3 Å². The van der Waals surface area contributed by atoms with Crippen molar-refractivity contribution in [1.29, 1.82) is 0 Å². The summed E-state index contributed by atoms with van der Waals surface area (Å²) in [5.74, 6) is -3.57. The van der Waals surface area contributed by atoms with E-state index in [1.54, 1.807) is 30.9 Å². The third-order valence-electron chi connectivity index (χ3n) is 5.20. The van der Waals surface area contributed by atoms with Gasteiger partial charge in [0.25, 0.3) is 0 Å². The highest BCUT2D eigenvalue weighted by molar-refractivity contribution is 6.30. The molecule has 7 nitrogen and oxygen atoms in total.